The molecule has 0 aromatic rings. The number of amides is 1. The minimum absolute atomic E-state index is 0.0311. The standard InChI is InChI=1S/C14H27N3O/c1-5-12-14(18)17(13(15-12)10(2)3)9-8-16(4)11-6-7-11/h10-13,15H,5-9H2,1-4H3. The van der Waals surface area contributed by atoms with Crippen molar-refractivity contribution in [2.45, 2.75) is 58.3 Å². The smallest absolute Gasteiger partial charge is 0.241 e. The number of hydrogen-bond donors (Lipinski definition) is 1. The summed E-state index contributed by atoms with van der Waals surface area (Å²) in [5.74, 6) is 0.761. The lowest BCUT2D eigenvalue weighted by molar-refractivity contribution is -0.130. The Kier molecular flexibility index (Phi) is 4.28. The number of carbonyl (C=O) groups excluding carboxylic acids is 1. The zero-order valence-corrected chi connectivity index (χ0v) is 12.1. The summed E-state index contributed by atoms with van der Waals surface area (Å²) in [7, 11) is 2.17. The number of likely N-dealkylation sites (N-methyl/N-ethyl adjacent to an activating group) is 1. The molecule has 2 aliphatic rings. The van der Waals surface area contributed by atoms with E-state index in [-0.39, 0.29) is 12.2 Å². The van der Waals surface area contributed by atoms with Gasteiger partial charge in [-0.15, -0.1) is 0 Å². The predicted octanol–water partition coefficient (Wildman–Crippen LogP) is 1.27. The van der Waals surface area contributed by atoms with Crippen LogP contribution in [0.2, 0.25) is 0 Å². The van der Waals surface area contributed by atoms with Gasteiger partial charge in [-0.05, 0) is 32.2 Å². The van der Waals surface area contributed by atoms with E-state index in [2.05, 4.69) is 42.9 Å². The number of carbonyl (C=O) groups is 1. The number of nitrogens with zero attached hydrogens (tertiary/aromatic N) is 2. The first-order valence-electron chi connectivity index (χ1n) is 7.31. The molecule has 1 N–H and O–H groups in total. The quantitative estimate of drug-likeness (QED) is 0.774. The van der Waals surface area contributed by atoms with E-state index in [0.717, 1.165) is 25.6 Å². The van der Waals surface area contributed by atoms with Crippen molar-refractivity contribution in [2.75, 3.05) is 20.1 Å². The van der Waals surface area contributed by atoms with E-state index in [9.17, 15) is 4.79 Å². The Morgan fingerprint density at radius 2 is 2.11 bits per heavy atom. The van der Waals surface area contributed by atoms with Gasteiger partial charge in [0.1, 0.15) is 0 Å². The van der Waals surface area contributed by atoms with E-state index >= 15 is 0 Å². The predicted molar refractivity (Wildman–Crippen MR) is 73.2 cm³/mol. The molecular formula is C14H27N3O. The van der Waals surface area contributed by atoms with E-state index in [4.69, 9.17) is 0 Å². The molecule has 4 nitrogen and oxygen atoms in total. The first kappa shape index (κ1) is 13.8. The topological polar surface area (TPSA) is 35.6 Å². The van der Waals surface area contributed by atoms with Gasteiger partial charge in [-0.2, -0.15) is 0 Å². The Hall–Kier alpha value is -0.610. The molecule has 2 rings (SSSR count). The SMILES string of the molecule is CCC1NC(C(C)C)N(CCN(C)C2CC2)C1=O. The zero-order valence-electron chi connectivity index (χ0n) is 12.1. The van der Waals surface area contributed by atoms with Gasteiger partial charge in [-0.3, -0.25) is 10.1 Å². The van der Waals surface area contributed by atoms with Gasteiger partial charge in [0.25, 0.3) is 0 Å². The van der Waals surface area contributed by atoms with Crippen molar-refractivity contribution in [3.63, 3.8) is 0 Å². The average Bonchev–Trinajstić information content (AvgIpc) is 3.12. The number of hydrogen-bond acceptors (Lipinski definition) is 3. The van der Waals surface area contributed by atoms with Crippen LogP contribution >= 0.6 is 0 Å². The maximum atomic E-state index is 12.3. The first-order valence-corrected chi connectivity index (χ1v) is 7.31. The maximum Gasteiger partial charge on any atom is 0.241 e. The summed E-state index contributed by atoms with van der Waals surface area (Å²) < 4.78 is 0. The molecule has 0 aromatic carbocycles. The second kappa shape index (κ2) is 5.57. The highest BCUT2D eigenvalue weighted by Gasteiger charge is 2.39. The molecular weight excluding hydrogens is 226 g/mol. The van der Waals surface area contributed by atoms with Crippen LogP contribution in [0.5, 0.6) is 0 Å². The second-order valence-corrected chi connectivity index (χ2v) is 6.06. The molecule has 0 aromatic heterocycles. The first-order chi connectivity index (χ1) is 8.54. The van der Waals surface area contributed by atoms with E-state index in [1.54, 1.807) is 0 Å². The van der Waals surface area contributed by atoms with Crippen molar-refractivity contribution in [3.05, 3.63) is 0 Å². The molecule has 104 valence electrons. The van der Waals surface area contributed by atoms with Crippen LogP contribution in [0.1, 0.15) is 40.0 Å². The van der Waals surface area contributed by atoms with Gasteiger partial charge >= 0.3 is 0 Å². The van der Waals surface area contributed by atoms with Gasteiger partial charge in [0.2, 0.25) is 5.91 Å². The van der Waals surface area contributed by atoms with Crippen LogP contribution in [-0.2, 0) is 4.79 Å². The van der Waals surface area contributed by atoms with Crippen LogP contribution in [0.25, 0.3) is 0 Å². The number of nitrogens with one attached hydrogen (secondary N) is 1. The van der Waals surface area contributed by atoms with Gasteiger partial charge in [0.05, 0.1) is 12.2 Å². The molecule has 1 amide bonds. The molecule has 1 saturated heterocycles. The molecule has 0 bridgehead atoms. The van der Waals surface area contributed by atoms with E-state index in [1.807, 2.05) is 0 Å². The summed E-state index contributed by atoms with van der Waals surface area (Å²) in [6, 6.07) is 0.804. The molecule has 2 atom stereocenters. The van der Waals surface area contributed by atoms with Gasteiger partial charge in [-0.25, -0.2) is 0 Å². The lowest BCUT2D eigenvalue weighted by Crippen LogP contribution is -2.44. The van der Waals surface area contributed by atoms with Crippen molar-refractivity contribution in [1.29, 1.82) is 0 Å². The monoisotopic (exact) mass is 253 g/mol. The molecule has 2 unspecified atom stereocenters. The van der Waals surface area contributed by atoms with Crippen LogP contribution in [0.4, 0.5) is 0 Å². The molecule has 0 spiro atoms. The van der Waals surface area contributed by atoms with Crippen LogP contribution in [0, 0.1) is 5.92 Å². The molecule has 18 heavy (non-hydrogen) atoms. The molecule has 0 radical (unpaired) electrons. The molecule has 1 aliphatic carbocycles. The average molecular weight is 253 g/mol. The summed E-state index contributed by atoms with van der Waals surface area (Å²) >= 11 is 0. The van der Waals surface area contributed by atoms with Crippen LogP contribution in [-0.4, -0.2) is 54.1 Å². The van der Waals surface area contributed by atoms with Gasteiger partial charge in [0, 0.05) is 19.1 Å². The van der Waals surface area contributed by atoms with Gasteiger partial charge < -0.3 is 9.80 Å². The summed E-state index contributed by atoms with van der Waals surface area (Å²) in [6.07, 6.45) is 3.76. The lowest BCUT2D eigenvalue weighted by Gasteiger charge is -2.29. The summed E-state index contributed by atoms with van der Waals surface area (Å²) in [4.78, 5) is 16.7. The summed E-state index contributed by atoms with van der Waals surface area (Å²) in [5.41, 5.74) is 0. The summed E-state index contributed by atoms with van der Waals surface area (Å²) in [6.45, 7) is 8.30. The van der Waals surface area contributed by atoms with Gasteiger partial charge in [-0.1, -0.05) is 20.8 Å². The van der Waals surface area contributed by atoms with Crippen molar-refractivity contribution in [3.8, 4) is 0 Å². The fraction of sp³-hybridized carbons (Fsp3) is 0.929. The highest BCUT2D eigenvalue weighted by molar-refractivity contribution is 5.84. The zero-order chi connectivity index (χ0) is 13.3. The normalized spacial score (nSPS) is 28.8. The number of rotatable bonds is 6. The van der Waals surface area contributed by atoms with E-state index in [1.165, 1.54) is 12.8 Å². The highest BCUT2D eigenvalue weighted by atomic mass is 16.2. The van der Waals surface area contributed by atoms with Crippen molar-refractivity contribution in [2.24, 2.45) is 5.92 Å². The lowest BCUT2D eigenvalue weighted by atomic mass is 10.1. The molecule has 1 aliphatic heterocycles. The van der Waals surface area contributed by atoms with Crippen molar-refractivity contribution >= 4 is 5.91 Å². The maximum absolute atomic E-state index is 12.3. The summed E-state index contributed by atoms with van der Waals surface area (Å²) in [5, 5.41) is 3.47. The Morgan fingerprint density at radius 1 is 1.44 bits per heavy atom. The fourth-order valence-electron chi connectivity index (χ4n) is 2.76. The van der Waals surface area contributed by atoms with Gasteiger partial charge in [0.15, 0.2) is 0 Å². The molecule has 4 heteroatoms. The third-order valence-electron chi connectivity index (χ3n) is 4.19. The molecule has 1 saturated carbocycles. The molecule has 2 fully saturated rings. The third-order valence-corrected chi connectivity index (χ3v) is 4.19. The van der Waals surface area contributed by atoms with E-state index in [0.29, 0.717) is 11.8 Å². The Morgan fingerprint density at radius 3 is 2.61 bits per heavy atom. The van der Waals surface area contributed by atoms with Crippen LogP contribution < -0.4 is 5.32 Å². The highest BCUT2D eigenvalue weighted by Crippen LogP contribution is 2.25. The Labute approximate surface area is 111 Å². The van der Waals surface area contributed by atoms with Crippen LogP contribution in [0.15, 0.2) is 0 Å². The Bertz CT molecular complexity index is 301. The molecule has 1 heterocycles. The fourth-order valence-corrected chi connectivity index (χ4v) is 2.76. The van der Waals surface area contributed by atoms with E-state index < -0.39 is 0 Å². The van der Waals surface area contributed by atoms with Crippen molar-refractivity contribution in [1.82, 2.24) is 15.1 Å². The minimum Gasteiger partial charge on any atom is -0.324 e. The van der Waals surface area contributed by atoms with Crippen LogP contribution in [0.3, 0.4) is 0 Å². The third kappa shape index (κ3) is 2.86. The minimum atomic E-state index is 0.0311. The second-order valence-electron chi connectivity index (χ2n) is 6.06. The Balaban J connectivity index is 1.92. The van der Waals surface area contributed by atoms with Crippen molar-refractivity contribution < 1.29 is 4.79 Å². The largest absolute Gasteiger partial charge is 0.324 e.